The van der Waals surface area contributed by atoms with Crippen LogP contribution in [0.4, 0.5) is 0 Å². The van der Waals surface area contributed by atoms with Gasteiger partial charge in [-0.2, -0.15) is 0 Å². The van der Waals surface area contributed by atoms with Crippen LogP contribution >= 0.6 is 7.60 Å². The first-order valence-electron chi connectivity index (χ1n) is 7.11. The lowest BCUT2D eigenvalue weighted by atomic mass is 10.2. The second-order valence-corrected chi connectivity index (χ2v) is 7.14. The van der Waals surface area contributed by atoms with Crippen molar-refractivity contribution in [2.75, 3.05) is 7.11 Å². The van der Waals surface area contributed by atoms with Crippen LogP contribution in [0.25, 0.3) is 6.08 Å². The van der Waals surface area contributed by atoms with Crippen LogP contribution in [0, 0.1) is 0 Å². The summed E-state index contributed by atoms with van der Waals surface area (Å²) in [7, 11) is -2.56. The highest BCUT2D eigenvalue weighted by molar-refractivity contribution is 7.60. The summed E-state index contributed by atoms with van der Waals surface area (Å²) in [5, 5.41) is -0.108. The number of rotatable bonds is 7. The van der Waals surface area contributed by atoms with E-state index in [2.05, 4.69) is 0 Å². The van der Waals surface area contributed by atoms with Gasteiger partial charge in [0.05, 0.1) is 19.3 Å². The van der Waals surface area contributed by atoms with Crippen LogP contribution < -0.4 is 0 Å². The molecular weight excluding hydrogens is 303 g/mol. The van der Waals surface area contributed by atoms with E-state index in [4.69, 9.17) is 13.8 Å². The minimum atomic E-state index is -3.79. The number of carbonyl (C=O) groups is 1. The zero-order valence-electron chi connectivity index (χ0n) is 13.6. The number of esters is 1. The van der Waals surface area contributed by atoms with E-state index >= 15 is 0 Å². The van der Waals surface area contributed by atoms with Gasteiger partial charge in [0.15, 0.2) is 0 Å². The molecule has 0 aliphatic heterocycles. The number of benzene rings is 1. The number of ether oxygens (including phenoxy) is 1. The van der Waals surface area contributed by atoms with Gasteiger partial charge in [-0.15, -0.1) is 0 Å². The molecule has 0 fully saturated rings. The molecule has 6 heteroatoms. The van der Waals surface area contributed by atoms with Crippen molar-refractivity contribution in [3.63, 3.8) is 0 Å². The molecule has 1 rings (SSSR count). The predicted molar refractivity (Wildman–Crippen MR) is 86.5 cm³/mol. The van der Waals surface area contributed by atoms with E-state index in [1.54, 1.807) is 39.8 Å². The van der Waals surface area contributed by atoms with Crippen LogP contribution in [0.2, 0.25) is 0 Å². The van der Waals surface area contributed by atoms with Crippen LogP contribution in [0.1, 0.15) is 33.3 Å². The average Bonchev–Trinajstić information content (AvgIpc) is 2.43. The summed E-state index contributed by atoms with van der Waals surface area (Å²) in [6.45, 7) is 6.92. The van der Waals surface area contributed by atoms with Gasteiger partial charge in [0, 0.05) is 0 Å². The molecule has 0 amide bonds. The summed E-state index contributed by atoms with van der Waals surface area (Å²) in [5.41, 5.74) is 0.711. The first-order valence-corrected chi connectivity index (χ1v) is 8.65. The molecule has 0 unspecified atom stereocenters. The molecule has 0 aliphatic carbocycles. The summed E-state index contributed by atoms with van der Waals surface area (Å²) in [4.78, 5) is 12.1. The Bertz CT molecular complexity index is 549. The molecule has 0 bridgehead atoms. The van der Waals surface area contributed by atoms with Crippen molar-refractivity contribution in [1.82, 2.24) is 0 Å². The van der Waals surface area contributed by atoms with Crippen molar-refractivity contribution in [2.24, 2.45) is 0 Å². The van der Waals surface area contributed by atoms with Gasteiger partial charge in [-0.05, 0) is 39.3 Å². The number of carbonyl (C=O) groups excluding carboxylic acids is 1. The largest absolute Gasteiger partial charge is 0.465 e. The molecule has 0 N–H and O–H groups in total. The highest BCUT2D eigenvalue weighted by Gasteiger charge is 2.38. The Labute approximate surface area is 131 Å². The summed E-state index contributed by atoms with van der Waals surface area (Å²) < 4.78 is 28.8. The molecule has 5 nitrogen and oxygen atoms in total. The van der Waals surface area contributed by atoms with Crippen molar-refractivity contribution in [1.29, 1.82) is 0 Å². The topological polar surface area (TPSA) is 61.8 Å². The molecule has 0 heterocycles. The SMILES string of the molecule is COC(=O)/C(=C\c1ccccc1)P(=O)(OC(C)C)OC(C)C. The third-order valence-corrected chi connectivity index (χ3v) is 4.79. The molecule has 0 aliphatic rings. The molecule has 1 aromatic carbocycles. The van der Waals surface area contributed by atoms with Crippen molar-refractivity contribution < 1.29 is 23.1 Å². The maximum Gasteiger partial charge on any atom is 0.369 e. The fourth-order valence-electron chi connectivity index (χ4n) is 1.75. The Hall–Kier alpha value is -1.42. The summed E-state index contributed by atoms with van der Waals surface area (Å²) in [5.74, 6) is -0.728. The van der Waals surface area contributed by atoms with Crippen LogP contribution in [-0.4, -0.2) is 25.3 Å². The normalized spacial score (nSPS) is 12.8. The van der Waals surface area contributed by atoms with Crippen molar-refractivity contribution in [2.45, 2.75) is 39.9 Å². The van der Waals surface area contributed by atoms with E-state index in [9.17, 15) is 9.36 Å². The predicted octanol–water partition coefficient (Wildman–Crippen LogP) is 4.24. The summed E-state index contributed by atoms with van der Waals surface area (Å²) in [6, 6.07) is 9.07. The molecule has 0 radical (unpaired) electrons. The minimum absolute atomic E-state index is 0.108. The number of hydrogen-bond acceptors (Lipinski definition) is 5. The summed E-state index contributed by atoms with van der Waals surface area (Å²) >= 11 is 0. The molecule has 0 atom stereocenters. The lowest BCUT2D eigenvalue weighted by molar-refractivity contribution is -0.135. The van der Waals surface area contributed by atoms with Crippen molar-refractivity contribution in [3.8, 4) is 0 Å². The van der Waals surface area contributed by atoms with E-state index in [-0.39, 0.29) is 17.5 Å². The summed E-state index contributed by atoms with van der Waals surface area (Å²) in [6.07, 6.45) is 0.749. The van der Waals surface area contributed by atoms with Crippen LogP contribution in [0.3, 0.4) is 0 Å². The van der Waals surface area contributed by atoms with Gasteiger partial charge in [0.1, 0.15) is 5.31 Å². The fraction of sp³-hybridized carbons (Fsp3) is 0.438. The van der Waals surface area contributed by atoms with Crippen LogP contribution in [0.15, 0.2) is 35.6 Å². The average molecular weight is 326 g/mol. The van der Waals surface area contributed by atoms with E-state index in [1.165, 1.54) is 13.2 Å². The van der Waals surface area contributed by atoms with Gasteiger partial charge in [-0.1, -0.05) is 30.3 Å². The van der Waals surface area contributed by atoms with Crippen molar-refractivity contribution in [3.05, 3.63) is 41.2 Å². The maximum absolute atomic E-state index is 13.1. The zero-order valence-corrected chi connectivity index (χ0v) is 14.5. The molecule has 0 aromatic heterocycles. The smallest absolute Gasteiger partial charge is 0.369 e. The van der Waals surface area contributed by atoms with E-state index in [0.717, 1.165) is 0 Å². The quantitative estimate of drug-likeness (QED) is 0.426. The van der Waals surface area contributed by atoms with Gasteiger partial charge < -0.3 is 13.8 Å². The van der Waals surface area contributed by atoms with Crippen molar-refractivity contribution >= 4 is 19.6 Å². The lowest BCUT2D eigenvalue weighted by Gasteiger charge is -2.23. The van der Waals surface area contributed by atoms with Crippen LogP contribution in [-0.2, 0) is 23.1 Å². The Balaban J connectivity index is 3.35. The fourth-order valence-corrected chi connectivity index (χ4v) is 3.76. The lowest BCUT2D eigenvalue weighted by Crippen LogP contribution is -2.14. The minimum Gasteiger partial charge on any atom is -0.465 e. The second kappa shape index (κ2) is 8.28. The van der Waals surface area contributed by atoms with Gasteiger partial charge in [0.25, 0.3) is 0 Å². The maximum atomic E-state index is 13.1. The molecule has 0 spiro atoms. The van der Waals surface area contributed by atoms with Gasteiger partial charge >= 0.3 is 13.6 Å². The standard InChI is InChI=1S/C16H23O5P/c1-12(2)20-22(18,21-13(3)4)15(16(17)19-5)11-14-9-7-6-8-10-14/h6-13H,1-5H3/b15-11+. The Morgan fingerprint density at radius 3 is 1.95 bits per heavy atom. The van der Waals surface area contributed by atoms with E-state index in [1.807, 2.05) is 18.2 Å². The third kappa shape index (κ3) is 5.41. The first-order chi connectivity index (χ1) is 10.3. The van der Waals surface area contributed by atoms with E-state index in [0.29, 0.717) is 5.56 Å². The van der Waals surface area contributed by atoms with Gasteiger partial charge in [-0.3, -0.25) is 4.57 Å². The molecule has 122 valence electrons. The Morgan fingerprint density at radius 1 is 1.05 bits per heavy atom. The first kappa shape index (κ1) is 18.6. The highest BCUT2D eigenvalue weighted by Crippen LogP contribution is 2.58. The monoisotopic (exact) mass is 326 g/mol. The Kier molecular flexibility index (Phi) is 7.01. The Morgan fingerprint density at radius 2 is 1.55 bits per heavy atom. The van der Waals surface area contributed by atoms with Gasteiger partial charge in [0.2, 0.25) is 0 Å². The molecule has 0 saturated heterocycles. The second-order valence-electron chi connectivity index (χ2n) is 5.24. The highest BCUT2D eigenvalue weighted by atomic mass is 31.2. The number of hydrogen-bond donors (Lipinski definition) is 0. The molecule has 0 saturated carbocycles. The van der Waals surface area contributed by atoms with Gasteiger partial charge in [-0.25, -0.2) is 4.79 Å². The van der Waals surface area contributed by atoms with Crippen LogP contribution in [0.5, 0.6) is 0 Å². The molecular formula is C16H23O5P. The molecule has 22 heavy (non-hydrogen) atoms. The molecule has 1 aromatic rings. The zero-order chi connectivity index (χ0) is 16.8. The third-order valence-electron chi connectivity index (χ3n) is 2.49. The number of methoxy groups -OCH3 is 1. The van der Waals surface area contributed by atoms with E-state index < -0.39 is 13.6 Å².